The predicted molar refractivity (Wildman–Crippen MR) is 120 cm³/mol. The van der Waals surface area contributed by atoms with Crippen molar-refractivity contribution in [3.8, 4) is 17.3 Å². The minimum atomic E-state index is -1.18. The summed E-state index contributed by atoms with van der Waals surface area (Å²) >= 11 is 0. The average molecular weight is 451 g/mol. The van der Waals surface area contributed by atoms with Crippen molar-refractivity contribution in [1.82, 2.24) is 24.4 Å². The van der Waals surface area contributed by atoms with Crippen molar-refractivity contribution in [1.29, 1.82) is 5.26 Å². The Labute approximate surface area is 188 Å². The number of rotatable bonds is 7. The first-order chi connectivity index (χ1) is 15.8. The molecular weight excluding hydrogens is 429 g/mol. The summed E-state index contributed by atoms with van der Waals surface area (Å²) in [6.07, 6.45) is 0.404. The number of imidazole rings is 1. The summed E-state index contributed by atoms with van der Waals surface area (Å²) in [6.45, 7) is 1.27. The highest BCUT2D eigenvalue weighted by atomic mass is 19.1. The molecule has 3 N–H and O–H groups in total. The van der Waals surface area contributed by atoms with Crippen LogP contribution in [0.4, 0.5) is 15.0 Å². The SMILES string of the molecule is CN(C(=O)O)c1nc2c(cc(-c3cc(F)cc(C#N)c3)n2CCNCCO)c2c1ncn2C. The zero-order chi connectivity index (χ0) is 23.7. The molecule has 10 nitrogen and oxygen atoms in total. The summed E-state index contributed by atoms with van der Waals surface area (Å²) in [6, 6.07) is 7.92. The molecule has 170 valence electrons. The molecule has 3 heterocycles. The maximum atomic E-state index is 14.3. The van der Waals surface area contributed by atoms with E-state index in [4.69, 9.17) is 5.11 Å². The summed E-state index contributed by atoms with van der Waals surface area (Å²) in [5.41, 5.74) is 2.91. The van der Waals surface area contributed by atoms with Gasteiger partial charge in [-0.25, -0.2) is 19.2 Å². The van der Waals surface area contributed by atoms with Crippen LogP contribution in [0.25, 0.3) is 33.3 Å². The van der Waals surface area contributed by atoms with Gasteiger partial charge in [-0.1, -0.05) is 0 Å². The van der Waals surface area contributed by atoms with Gasteiger partial charge in [0.05, 0.1) is 35.8 Å². The smallest absolute Gasteiger partial charge is 0.412 e. The number of carbonyl (C=O) groups is 1. The van der Waals surface area contributed by atoms with E-state index in [9.17, 15) is 19.6 Å². The third-order valence-corrected chi connectivity index (χ3v) is 5.41. The Balaban J connectivity index is 2.02. The molecule has 11 heteroatoms. The molecule has 0 saturated carbocycles. The molecule has 0 aliphatic carbocycles. The van der Waals surface area contributed by atoms with E-state index in [0.717, 1.165) is 11.0 Å². The highest BCUT2D eigenvalue weighted by Crippen LogP contribution is 2.35. The van der Waals surface area contributed by atoms with E-state index in [0.29, 0.717) is 53.0 Å². The van der Waals surface area contributed by atoms with Crippen molar-refractivity contribution in [2.75, 3.05) is 31.6 Å². The van der Waals surface area contributed by atoms with Gasteiger partial charge in [-0.05, 0) is 24.3 Å². The fourth-order valence-corrected chi connectivity index (χ4v) is 3.89. The van der Waals surface area contributed by atoms with Gasteiger partial charge in [0, 0.05) is 44.7 Å². The molecule has 4 rings (SSSR count). The van der Waals surface area contributed by atoms with Gasteiger partial charge >= 0.3 is 6.09 Å². The van der Waals surface area contributed by atoms with Gasteiger partial charge in [0.25, 0.3) is 0 Å². The number of nitrogens with one attached hydrogen (secondary N) is 1. The average Bonchev–Trinajstić information content (AvgIpc) is 3.35. The van der Waals surface area contributed by atoms with Crippen LogP contribution in [-0.4, -0.2) is 62.2 Å². The monoisotopic (exact) mass is 451 g/mol. The summed E-state index contributed by atoms with van der Waals surface area (Å²) in [5, 5.41) is 31.7. The first-order valence-electron chi connectivity index (χ1n) is 10.2. The van der Waals surface area contributed by atoms with Crippen molar-refractivity contribution in [2.45, 2.75) is 6.54 Å². The molecule has 0 bridgehead atoms. The number of pyridine rings is 1. The van der Waals surface area contributed by atoms with Crippen molar-refractivity contribution in [2.24, 2.45) is 7.05 Å². The normalized spacial score (nSPS) is 11.2. The molecule has 0 unspecified atom stereocenters. The van der Waals surface area contributed by atoms with E-state index < -0.39 is 11.9 Å². The molecule has 0 aliphatic heterocycles. The number of halogens is 1. The maximum Gasteiger partial charge on any atom is 0.412 e. The number of hydrogen-bond acceptors (Lipinski definition) is 6. The lowest BCUT2D eigenvalue weighted by Crippen LogP contribution is -2.26. The van der Waals surface area contributed by atoms with Crippen LogP contribution in [0.3, 0.4) is 0 Å². The van der Waals surface area contributed by atoms with E-state index in [1.807, 2.05) is 16.7 Å². The van der Waals surface area contributed by atoms with E-state index in [2.05, 4.69) is 15.3 Å². The number of benzene rings is 1. The molecule has 0 fully saturated rings. The number of amides is 1. The number of carboxylic acid groups (broad SMARTS) is 1. The second kappa shape index (κ2) is 8.85. The second-order valence-electron chi connectivity index (χ2n) is 7.56. The van der Waals surface area contributed by atoms with Gasteiger partial charge in [-0.2, -0.15) is 5.26 Å². The summed E-state index contributed by atoms with van der Waals surface area (Å²) in [5.74, 6) is -0.360. The zero-order valence-corrected chi connectivity index (χ0v) is 18.1. The number of hydrogen-bond donors (Lipinski definition) is 3. The van der Waals surface area contributed by atoms with Gasteiger partial charge in [-0.15, -0.1) is 0 Å². The standard InChI is InChI=1S/C22H22FN7O3/c1-28-12-26-18-19(28)16-10-17(14-7-13(11-24)8-15(23)9-14)30(5-3-25-4-6-31)20(16)27-21(18)29(2)22(32)33/h7-10,12,25,31H,3-6H2,1-2H3,(H,32,33). The summed E-state index contributed by atoms with van der Waals surface area (Å²) in [7, 11) is 3.20. The molecule has 0 radical (unpaired) electrons. The van der Waals surface area contributed by atoms with Gasteiger partial charge < -0.3 is 24.7 Å². The highest BCUT2D eigenvalue weighted by Gasteiger charge is 2.23. The molecule has 4 aromatic rings. The van der Waals surface area contributed by atoms with Crippen LogP contribution in [0.15, 0.2) is 30.6 Å². The van der Waals surface area contributed by atoms with Gasteiger partial charge in [0.1, 0.15) is 17.0 Å². The van der Waals surface area contributed by atoms with Crippen LogP contribution < -0.4 is 10.2 Å². The Morgan fingerprint density at radius 1 is 1.30 bits per heavy atom. The van der Waals surface area contributed by atoms with E-state index in [-0.39, 0.29) is 18.0 Å². The number of nitriles is 1. The number of aliphatic hydroxyl groups excluding tert-OH is 1. The number of aliphatic hydroxyl groups is 1. The Morgan fingerprint density at radius 3 is 2.79 bits per heavy atom. The molecule has 33 heavy (non-hydrogen) atoms. The van der Waals surface area contributed by atoms with Crippen LogP contribution >= 0.6 is 0 Å². The van der Waals surface area contributed by atoms with Crippen molar-refractivity contribution in [3.63, 3.8) is 0 Å². The van der Waals surface area contributed by atoms with Gasteiger partial charge in [0.2, 0.25) is 0 Å². The van der Waals surface area contributed by atoms with Crippen LogP contribution in [0.2, 0.25) is 0 Å². The summed E-state index contributed by atoms with van der Waals surface area (Å²) in [4.78, 5) is 21.7. The second-order valence-corrected chi connectivity index (χ2v) is 7.56. The highest BCUT2D eigenvalue weighted by molar-refractivity contribution is 6.10. The quantitative estimate of drug-likeness (QED) is 0.367. The van der Waals surface area contributed by atoms with Gasteiger partial charge in [0.15, 0.2) is 5.82 Å². The summed E-state index contributed by atoms with van der Waals surface area (Å²) < 4.78 is 17.9. The molecular formula is C22H22FN7O3. The van der Waals surface area contributed by atoms with Gasteiger partial charge in [-0.3, -0.25) is 4.90 Å². The molecule has 0 atom stereocenters. The Hall–Kier alpha value is -4.01. The first kappa shape index (κ1) is 22.2. The lowest BCUT2D eigenvalue weighted by Gasteiger charge is -2.15. The third kappa shape index (κ3) is 3.97. The minimum Gasteiger partial charge on any atom is -0.465 e. The number of aromatic nitrogens is 4. The molecule has 0 spiro atoms. The molecule has 1 amide bonds. The fraction of sp³-hybridized carbons (Fsp3) is 0.273. The number of fused-ring (bicyclic) bond motifs is 3. The topological polar surface area (TPSA) is 132 Å². The molecule has 3 aromatic heterocycles. The Kier molecular flexibility index (Phi) is 5.95. The lowest BCUT2D eigenvalue weighted by atomic mass is 10.1. The van der Waals surface area contributed by atoms with Crippen LogP contribution in [0.5, 0.6) is 0 Å². The van der Waals surface area contributed by atoms with Crippen molar-refractivity contribution >= 4 is 34.0 Å². The molecule has 0 aliphatic rings. The number of anilines is 1. The Bertz CT molecular complexity index is 1400. The minimum absolute atomic E-state index is 0.0177. The Morgan fingerprint density at radius 2 is 2.09 bits per heavy atom. The lowest BCUT2D eigenvalue weighted by molar-refractivity contribution is 0.203. The maximum absolute atomic E-state index is 14.3. The zero-order valence-electron chi connectivity index (χ0n) is 18.1. The molecule has 1 aromatic carbocycles. The van der Waals surface area contributed by atoms with Crippen LogP contribution in [0.1, 0.15) is 5.56 Å². The number of aryl methyl sites for hydroxylation is 1. The number of nitrogens with zero attached hydrogens (tertiary/aromatic N) is 6. The van der Waals surface area contributed by atoms with E-state index >= 15 is 0 Å². The first-order valence-corrected chi connectivity index (χ1v) is 10.2. The van der Waals surface area contributed by atoms with Crippen molar-refractivity contribution < 1.29 is 19.4 Å². The largest absolute Gasteiger partial charge is 0.465 e. The van der Waals surface area contributed by atoms with Crippen LogP contribution in [0, 0.1) is 17.1 Å². The van der Waals surface area contributed by atoms with Crippen LogP contribution in [-0.2, 0) is 13.6 Å². The van der Waals surface area contributed by atoms with Crippen molar-refractivity contribution in [3.05, 3.63) is 42.0 Å². The predicted octanol–water partition coefficient (Wildman–Crippen LogP) is 2.30. The third-order valence-electron chi connectivity index (χ3n) is 5.41. The van der Waals surface area contributed by atoms with E-state index in [1.54, 1.807) is 24.0 Å². The molecule has 0 saturated heterocycles. The van der Waals surface area contributed by atoms with E-state index in [1.165, 1.54) is 13.1 Å². The fourth-order valence-electron chi connectivity index (χ4n) is 3.89.